The molecule has 0 radical (unpaired) electrons. The molecule has 1 aromatic heterocycles. The zero-order valence-electron chi connectivity index (χ0n) is 10.2. The van der Waals surface area contributed by atoms with Crippen LogP contribution in [0.2, 0.25) is 0 Å². The molecule has 18 heavy (non-hydrogen) atoms. The third-order valence-corrected chi connectivity index (χ3v) is 4.14. The van der Waals surface area contributed by atoms with E-state index in [-0.39, 0.29) is 23.7 Å². The number of sulfone groups is 1. The molecule has 0 saturated heterocycles. The summed E-state index contributed by atoms with van der Waals surface area (Å²) in [5, 5.41) is 13.4. The minimum atomic E-state index is -3.02. The van der Waals surface area contributed by atoms with Crippen LogP contribution in [0.3, 0.4) is 0 Å². The topological polar surface area (TPSA) is 102 Å². The first-order chi connectivity index (χ1) is 8.35. The van der Waals surface area contributed by atoms with Crippen LogP contribution >= 0.6 is 0 Å². The highest BCUT2D eigenvalue weighted by Crippen LogP contribution is 2.18. The Morgan fingerprint density at radius 2 is 2.17 bits per heavy atom. The van der Waals surface area contributed by atoms with Gasteiger partial charge in [-0.05, 0) is 13.0 Å². The molecule has 0 unspecified atom stereocenters. The van der Waals surface area contributed by atoms with E-state index in [4.69, 9.17) is 0 Å². The standard InChI is InChI=1S/C10H15N3O4S/c1-3-18(16,17)5-4-11-10-6-8(2)9(7-12-10)13(14)15/h6-7H,3-5H2,1-2H3,(H,11,12). The van der Waals surface area contributed by atoms with E-state index in [2.05, 4.69) is 10.3 Å². The normalized spacial score (nSPS) is 11.2. The molecule has 0 aromatic carbocycles. The number of nitro groups is 1. The first-order valence-electron chi connectivity index (χ1n) is 5.41. The van der Waals surface area contributed by atoms with E-state index < -0.39 is 14.8 Å². The van der Waals surface area contributed by atoms with E-state index in [9.17, 15) is 18.5 Å². The van der Waals surface area contributed by atoms with Crippen molar-refractivity contribution in [1.29, 1.82) is 0 Å². The second kappa shape index (κ2) is 5.76. The number of hydrogen-bond donors (Lipinski definition) is 1. The molecule has 1 heterocycles. The smallest absolute Gasteiger partial charge is 0.290 e. The summed E-state index contributed by atoms with van der Waals surface area (Å²) in [6, 6.07) is 1.52. The third-order valence-electron chi connectivity index (χ3n) is 2.44. The fourth-order valence-corrected chi connectivity index (χ4v) is 2.02. The molecule has 0 amide bonds. The average molecular weight is 273 g/mol. The summed E-state index contributed by atoms with van der Waals surface area (Å²) in [7, 11) is -3.02. The molecular formula is C10H15N3O4S. The van der Waals surface area contributed by atoms with Crippen LogP contribution in [0.5, 0.6) is 0 Å². The van der Waals surface area contributed by atoms with Gasteiger partial charge in [-0.1, -0.05) is 6.92 Å². The summed E-state index contributed by atoms with van der Waals surface area (Å²) < 4.78 is 22.5. The van der Waals surface area contributed by atoms with Crippen LogP contribution in [0.15, 0.2) is 12.3 Å². The van der Waals surface area contributed by atoms with E-state index in [1.54, 1.807) is 13.8 Å². The van der Waals surface area contributed by atoms with Crippen molar-refractivity contribution >= 4 is 21.3 Å². The Kier molecular flexibility index (Phi) is 4.60. The number of aryl methyl sites for hydroxylation is 1. The molecule has 0 aliphatic carbocycles. The number of rotatable bonds is 6. The van der Waals surface area contributed by atoms with Crippen molar-refractivity contribution in [2.24, 2.45) is 0 Å². The predicted octanol–water partition coefficient (Wildman–Crippen LogP) is 1.14. The molecule has 0 aliphatic heterocycles. The van der Waals surface area contributed by atoms with Gasteiger partial charge in [-0.25, -0.2) is 13.4 Å². The highest BCUT2D eigenvalue weighted by molar-refractivity contribution is 7.91. The van der Waals surface area contributed by atoms with E-state index >= 15 is 0 Å². The van der Waals surface area contributed by atoms with Crippen LogP contribution in [0.25, 0.3) is 0 Å². The Morgan fingerprint density at radius 3 is 2.67 bits per heavy atom. The van der Waals surface area contributed by atoms with Gasteiger partial charge in [0, 0.05) is 17.9 Å². The van der Waals surface area contributed by atoms with Gasteiger partial charge in [-0.3, -0.25) is 10.1 Å². The molecule has 8 heteroatoms. The fraction of sp³-hybridized carbons (Fsp3) is 0.500. The van der Waals surface area contributed by atoms with E-state index in [1.807, 2.05) is 0 Å². The molecule has 0 bridgehead atoms. The summed E-state index contributed by atoms with van der Waals surface area (Å²) >= 11 is 0. The van der Waals surface area contributed by atoms with Crippen LogP contribution in [0.1, 0.15) is 12.5 Å². The SMILES string of the molecule is CCS(=O)(=O)CCNc1cc(C)c([N+](=O)[O-])cn1. The van der Waals surface area contributed by atoms with Crippen molar-refractivity contribution in [3.8, 4) is 0 Å². The quantitative estimate of drug-likeness (QED) is 0.616. The first-order valence-corrected chi connectivity index (χ1v) is 7.23. The zero-order chi connectivity index (χ0) is 13.8. The number of pyridine rings is 1. The average Bonchev–Trinajstić information content (AvgIpc) is 2.28. The highest BCUT2D eigenvalue weighted by atomic mass is 32.2. The van der Waals surface area contributed by atoms with Gasteiger partial charge in [0.2, 0.25) is 0 Å². The monoisotopic (exact) mass is 273 g/mol. The molecule has 7 nitrogen and oxygen atoms in total. The number of hydrogen-bond acceptors (Lipinski definition) is 6. The Hall–Kier alpha value is -1.70. The van der Waals surface area contributed by atoms with Crippen LogP contribution in [0.4, 0.5) is 11.5 Å². The largest absolute Gasteiger partial charge is 0.369 e. The number of anilines is 1. The lowest BCUT2D eigenvalue weighted by molar-refractivity contribution is -0.385. The van der Waals surface area contributed by atoms with Crippen molar-refractivity contribution in [2.45, 2.75) is 13.8 Å². The van der Waals surface area contributed by atoms with Crippen molar-refractivity contribution in [3.63, 3.8) is 0 Å². The summed E-state index contributed by atoms with van der Waals surface area (Å²) in [5.74, 6) is 0.548. The lowest BCUT2D eigenvalue weighted by Crippen LogP contribution is -2.17. The van der Waals surface area contributed by atoms with E-state index in [0.29, 0.717) is 11.4 Å². The minimum absolute atomic E-state index is 0.0151. The van der Waals surface area contributed by atoms with Gasteiger partial charge in [0.1, 0.15) is 12.0 Å². The van der Waals surface area contributed by atoms with Crippen LogP contribution in [-0.4, -0.2) is 36.4 Å². The van der Waals surface area contributed by atoms with Crippen LogP contribution < -0.4 is 5.32 Å². The third kappa shape index (κ3) is 3.95. The van der Waals surface area contributed by atoms with Crippen molar-refractivity contribution in [2.75, 3.05) is 23.4 Å². The molecule has 1 rings (SSSR count). The second-order valence-corrected chi connectivity index (χ2v) is 6.25. The molecule has 100 valence electrons. The number of aromatic nitrogens is 1. The maximum Gasteiger partial charge on any atom is 0.290 e. The maximum absolute atomic E-state index is 11.3. The van der Waals surface area contributed by atoms with Crippen LogP contribution in [0, 0.1) is 17.0 Å². The van der Waals surface area contributed by atoms with Gasteiger partial charge >= 0.3 is 0 Å². The number of nitrogens with one attached hydrogen (secondary N) is 1. The van der Waals surface area contributed by atoms with E-state index in [0.717, 1.165) is 6.20 Å². The minimum Gasteiger partial charge on any atom is -0.369 e. The summed E-state index contributed by atoms with van der Waals surface area (Å²) in [6.07, 6.45) is 1.16. The van der Waals surface area contributed by atoms with E-state index in [1.165, 1.54) is 6.07 Å². The Morgan fingerprint density at radius 1 is 1.50 bits per heavy atom. The molecule has 1 N–H and O–H groups in total. The first kappa shape index (κ1) is 14.4. The molecular weight excluding hydrogens is 258 g/mol. The van der Waals surface area contributed by atoms with Crippen LogP contribution in [-0.2, 0) is 9.84 Å². The van der Waals surface area contributed by atoms with Gasteiger partial charge in [0.15, 0.2) is 9.84 Å². The second-order valence-electron chi connectivity index (χ2n) is 3.78. The lowest BCUT2D eigenvalue weighted by Gasteiger charge is -2.06. The summed E-state index contributed by atoms with van der Waals surface area (Å²) in [5.41, 5.74) is 0.428. The highest BCUT2D eigenvalue weighted by Gasteiger charge is 2.12. The summed E-state index contributed by atoms with van der Waals surface area (Å²) in [6.45, 7) is 3.43. The fourth-order valence-electron chi connectivity index (χ4n) is 1.32. The predicted molar refractivity (Wildman–Crippen MR) is 68.4 cm³/mol. The molecule has 0 atom stereocenters. The molecule has 1 aromatic rings. The number of nitrogens with zero attached hydrogens (tertiary/aromatic N) is 2. The molecule has 0 fully saturated rings. The Balaban J connectivity index is 2.65. The van der Waals surface area contributed by atoms with Gasteiger partial charge in [0.05, 0.1) is 10.7 Å². The lowest BCUT2D eigenvalue weighted by atomic mass is 10.2. The maximum atomic E-state index is 11.3. The zero-order valence-corrected chi connectivity index (χ0v) is 11.0. The van der Waals surface area contributed by atoms with Crippen molar-refractivity contribution < 1.29 is 13.3 Å². The Labute approximate surface area is 105 Å². The van der Waals surface area contributed by atoms with Gasteiger partial charge in [0.25, 0.3) is 5.69 Å². The van der Waals surface area contributed by atoms with Crippen molar-refractivity contribution in [1.82, 2.24) is 4.98 Å². The molecule has 0 spiro atoms. The van der Waals surface area contributed by atoms with Gasteiger partial charge in [-0.15, -0.1) is 0 Å². The Bertz CT molecular complexity index is 542. The summed E-state index contributed by atoms with van der Waals surface area (Å²) in [4.78, 5) is 13.9. The molecule has 0 saturated carbocycles. The van der Waals surface area contributed by atoms with Gasteiger partial charge < -0.3 is 5.32 Å². The van der Waals surface area contributed by atoms with Crippen molar-refractivity contribution in [3.05, 3.63) is 27.9 Å². The molecule has 0 aliphatic rings. The van der Waals surface area contributed by atoms with Gasteiger partial charge in [-0.2, -0.15) is 0 Å².